The van der Waals surface area contributed by atoms with Crippen LogP contribution >= 0.6 is 0 Å². The van der Waals surface area contributed by atoms with Gasteiger partial charge in [-0.05, 0) is 35.2 Å². The molecule has 0 saturated heterocycles. The molecule has 1 atom stereocenters. The Labute approximate surface area is 113 Å². The lowest BCUT2D eigenvalue weighted by atomic mass is 9.96. The number of methoxy groups -OCH3 is 1. The number of Topliss-reactive ketones (excluding diaryl/α,β-unsaturated/α-hetero) is 1. The highest BCUT2D eigenvalue weighted by molar-refractivity contribution is 6.03. The van der Waals surface area contributed by atoms with E-state index in [0.717, 1.165) is 28.9 Å². The lowest BCUT2D eigenvalue weighted by Gasteiger charge is -2.09. The molecular formula is C17H16O2. The van der Waals surface area contributed by atoms with Gasteiger partial charge in [-0.3, -0.25) is 4.79 Å². The van der Waals surface area contributed by atoms with Crippen molar-refractivity contribution in [2.45, 2.75) is 13.3 Å². The van der Waals surface area contributed by atoms with Crippen LogP contribution in [0.5, 0.6) is 5.75 Å². The summed E-state index contributed by atoms with van der Waals surface area (Å²) in [5, 5.41) is 0. The van der Waals surface area contributed by atoms with Gasteiger partial charge < -0.3 is 4.74 Å². The lowest BCUT2D eigenvalue weighted by Crippen LogP contribution is -2.02. The number of ketones is 1. The normalized spacial score (nSPS) is 17.4. The second-order valence-corrected chi connectivity index (χ2v) is 5.03. The number of carbonyl (C=O) groups is 1. The minimum atomic E-state index is 0.0988. The highest BCUT2D eigenvalue weighted by atomic mass is 16.5. The SMILES string of the molecule is COc1cccc(-c2cccc3c2CC(C)C3=O)c1. The van der Waals surface area contributed by atoms with Gasteiger partial charge in [0.15, 0.2) is 5.78 Å². The average molecular weight is 252 g/mol. The molecule has 0 N–H and O–H groups in total. The summed E-state index contributed by atoms with van der Waals surface area (Å²) >= 11 is 0. The topological polar surface area (TPSA) is 26.3 Å². The van der Waals surface area contributed by atoms with Crippen molar-refractivity contribution in [3.05, 3.63) is 53.6 Å². The van der Waals surface area contributed by atoms with Crippen LogP contribution in [0.2, 0.25) is 0 Å². The number of rotatable bonds is 2. The predicted molar refractivity (Wildman–Crippen MR) is 75.6 cm³/mol. The number of hydrogen-bond acceptors (Lipinski definition) is 2. The van der Waals surface area contributed by atoms with Gasteiger partial charge in [0.05, 0.1) is 7.11 Å². The first kappa shape index (κ1) is 12.0. The molecule has 0 radical (unpaired) electrons. The van der Waals surface area contributed by atoms with E-state index in [1.54, 1.807) is 7.11 Å². The van der Waals surface area contributed by atoms with Crippen molar-refractivity contribution < 1.29 is 9.53 Å². The Morgan fingerprint density at radius 2 is 1.84 bits per heavy atom. The van der Waals surface area contributed by atoms with Crippen molar-refractivity contribution in [2.75, 3.05) is 7.11 Å². The molecule has 1 unspecified atom stereocenters. The quantitative estimate of drug-likeness (QED) is 0.814. The number of hydrogen-bond donors (Lipinski definition) is 0. The van der Waals surface area contributed by atoms with Gasteiger partial charge in [0.2, 0.25) is 0 Å². The van der Waals surface area contributed by atoms with Gasteiger partial charge in [0.25, 0.3) is 0 Å². The zero-order valence-electron chi connectivity index (χ0n) is 11.1. The highest BCUT2D eigenvalue weighted by Gasteiger charge is 2.28. The van der Waals surface area contributed by atoms with Crippen molar-refractivity contribution in [2.24, 2.45) is 5.92 Å². The van der Waals surface area contributed by atoms with Gasteiger partial charge in [-0.2, -0.15) is 0 Å². The summed E-state index contributed by atoms with van der Waals surface area (Å²) < 4.78 is 5.27. The molecule has 3 rings (SSSR count). The fraction of sp³-hybridized carbons (Fsp3) is 0.235. The van der Waals surface area contributed by atoms with Gasteiger partial charge in [0.1, 0.15) is 5.75 Å². The Bertz CT molecular complexity index is 643. The van der Waals surface area contributed by atoms with E-state index in [2.05, 4.69) is 12.1 Å². The number of carbonyl (C=O) groups excluding carboxylic acids is 1. The minimum Gasteiger partial charge on any atom is -0.497 e. The van der Waals surface area contributed by atoms with E-state index in [4.69, 9.17) is 4.74 Å². The Morgan fingerprint density at radius 3 is 2.63 bits per heavy atom. The maximum atomic E-state index is 12.1. The van der Waals surface area contributed by atoms with Crippen LogP contribution in [0, 0.1) is 5.92 Å². The number of benzene rings is 2. The molecule has 0 aromatic heterocycles. The molecule has 2 aromatic rings. The summed E-state index contributed by atoms with van der Waals surface area (Å²) in [5.74, 6) is 1.20. The Kier molecular flexibility index (Phi) is 2.86. The van der Waals surface area contributed by atoms with Gasteiger partial charge in [-0.25, -0.2) is 0 Å². The largest absolute Gasteiger partial charge is 0.497 e. The molecule has 0 heterocycles. The molecule has 1 aliphatic rings. The maximum absolute atomic E-state index is 12.1. The van der Waals surface area contributed by atoms with Crippen molar-refractivity contribution in [3.63, 3.8) is 0 Å². The molecular weight excluding hydrogens is 236 g/mol. The summed E-state index contributed by atoms with van der Waals surface area (Å²) in [6.45, 7) is 2.00. The average Bonchev–Trinajstić information content (AvgIpc) is 2.74. The van der Waals surface area contributed by atoms with Crippen LogP contribution in [0.4, 0.5) is 0 Å². The summed E-state index contributed by atoms with van der Waals surface area (Å²) in [4.78, 5) is 12.1. The van der Waals surface area contributed by atoms with Crippen molar-refractivity contribution in [3.8, 4) is 16.9 Å². The number of ether oxygens (including phenoxy) is 1. The zero-order valence-corrected chi connectivity index (χ0v) is 11.1. The van der Waals surface area contributed by atoms with E-state index in [-0.39, 0.29) is 11.7 Å². The Hall–Kier alpha value is -2.09. The lowest BCUT2D eigenvalue weighted by molar-refractivity contribution is 0.0946. The van der Waals surface area contributed by atoms with E-state index >= 15 is 0 Å². The van der Waals surface area contributed by atoms with Crippen LogP contribution in [0.3, 0.4) is 0 Å². The Balaban J connectivity index is 2.15. The third-order valence-corrected chi connectivity index (χ3v) is 3.78. The molecule has 0 spiro atoms. The molecule has 2 heteroatoms. The van der Waals surface area contributed by atoms with Crippen molar-refractivity contribution in [1.82, 2.24) is 0 Å². The zero-order chi connectivity index (χ0) is 13.4. The van der Waals surface area contributed by atoms with E-state index < -0.39 is 0 Å². The summed E-state index contributed by atoms with van der Waals surface area (Å²) in [7, 11) is 1.67. The predicted octanol–water partition coefficient (Wildman–Crippen LogP) is 3.74. The molecule has 0 bridgehead atoms. The van der Waals surface area contributed by atoms with E-state index in [0.29, 0.717) is 0 Å². The standard InChI is InChI=1S/C17H16O2/c1-11-9-16-14(7-4-8-15(16)17(11)18)12-5-3-6-13(10-12)19-2/h3-8,10-11H,9H2,1-2H3. The highest BCUT2D eigenvalue weighted by Crippen LogP contribution is 2.35. The van der Waals surface area contributed by atoms with Gasteiger partial charge in [-0.15, -0.1) is 0 Å². The van der Waals surface area contributed by atoms with Crippen LogP contribution in [0.15, 0.2) is 42.5 Å². The van der Waals surface area contributed by atoms with Crippen LogP contribution in [-0.4, -0.2) is 12.9 Å². The summed E-state index contributed by atoms with van der Waals surface area (Å²) in [6, 6.07) is 14.0. The Morgan fingerprint density at radius 1 is 1.11 bits per heavy atom. The first-order valence-electron chi connectivity index (χ1n) is 6.51. The first-order chi connectivity index (χ1) is 9.20. The van der Waals surface area contributed by atoms with Crippen LogP contribution in [0.1, 0.15) is 22.8 Å². The molecule has 0 aliphatic heterocycles. The van der Waals surface area contributed by atoms with Gasteiger partial charge in [-0.1, -0.05) is 37.3 Å². The van der Waals surface area contributed by atoms with Gasteiger partial charge >= 0.3 is 0 Å². The maximum Gasteiger partial charge on any atom is 0.166 e. The molecule has 19 heavy (non-hydrogen) atoms. The monoisotopic (exact) mass is 252 g/mol. The molecule has 96 valence electrons. The molecule has 1 aliphatic carbocycles. The second kappa shape index (κ2) is 4.54. The fourth-order valence-corrected chi connectivity index (χ4v) is 2.76. The molecule has 0 amide bonds. The second-order valence-electron chi connectivity index (χ2n) is 5.03. The third kappa shape index (κ3) is 1.93. The van der Waals surface area contributed by atoms with E-state index in [1.165, 1.54) is 5.56 Å². The molecule has 2 aromatic carbocycles. The van der Waals surface area contributed by atoms with Crippen molar-refractivity contribution in [1.29, 1.82) is 0 Å². The smallest absolute Gasteiger partial charge is 0.166 e. The van der Waals surface area contributed by atoms with Crippen LogP contribution in [0.25, 0.3) is 11.1 Å². The number of fused-ring (bicyclic) bond motifs is 1. The summed E-state index contributed by atoms with van der Waals surface area (Å²) in [5.41, 5.74) is 4.31. The third-order valence-electron chi connectivity index (χ3n) is 3.78. The molecule has 0 fully saturated rings. The molecule has 0 saturated carbocycles. The van der Waals surface area contributed by atoms with E-state index in [1.807, 2.05) is 37.3 Å². The fourth-order valence-electron chi connectivity index (χ4n) is 2.76. The van der Waals surface area contributed by atoms with Crippen LogP contribution in [-0.2, 0) is 6.42 Å². The minimum absolute atomic E-state index is 0.0988. The first-order valence-corrected chi connectivity index (χ1v) is 6.51. The van der Waals surface area contributed by atoms with E-state index in [9.17, 15) is 4.79 Å². The summed E-state index contributed by atoms with van der Waals surface area (Å²) in [6.07, 6.45) is 0.835. The molecule has 2 nitrogen and oxygen atoms in total. The van der Waals surface area contributed by atoms with Gasteiger partial charge in [0, 0.05) is 11.5 Å². The van der Waals surface area contributed by atoms with Crippen molar-refractivity contribution >= 4 is 5.78 Å². The van der Waals surface area contributed by atoms with Crippen LogP contribution < -0.4 is 4.74 Å².